The first-order valence-corrected chi connectivity index (χ1v) is 11.0. The standard InChI is InChI=1S/C26H29N3O3/c1-16-12-17(2)14-21(13-16)32-18(3)26(31)29-10-8-19(9-11-29)24-22(25(27)30)15-20-6-4-5-7-23(20)28-24/h4-7,12-15,18-19H,8-11H2,1-3H3,(H2,27,30). The molecule has 0 aliphatic carbocycles. The number of amides is 2. The number of aryl methyl sites for hydroxylation is 2. The van der Waals surface area contributed by atoms with Gasteiger partial charge in [-0.25, -0.2) is 0 Å². The van der Waals surface area contributed by atoms with Crippen molar-refractivity contribution in [3.63, 3.8) is 0 Å². The van der Waals surface area contributed by atoms with Crippen molar-refractivity contribution in [1.82, 2.24) is 9.88 Å². The fraction of sp³-hybridized carbons (Fsp3) is 0.346. The van der Waals surface area contributed by atoms with E-state index < -0.39 is 12.0 Å². The number of primary amides is 1. The summed E-state index contributed by atoms with van der Waals surface area (Å²) in [5.41, 5.74) is 9.93. The molecule has 4 rings (SSSR count). The van der Waals surface area contributed by atoms with Crippen molar-refractivity contribution < 1.29 is 14.3 Å². The number of carbonyl (C=O) groups excluding carboxylic acids is 2. The molecule has 3 aromatic rings. The third-order valence-corrected chi connectivity index (χ3v) is 6.07. The lowest BCUT2D eigenvalue weighted by Crippen LogP contribution is -2.44. The van der Waals surface area contributed by atoms with Crippen LogP contribution in [0.5, 0.6) is 5.75 Å². The number of hydrogen-bond acceptors (Lipinski definition) is 4. The molecule has 0 saturated carbocycles. The van der Waals surface area contributed by atoms with Gasteiger partial charge in [0, 0.05) is 24.4 Å². The van der Waals surface area contributed by atoms with E-state index in [0.29, 0.717) is 24.4 Å². The number of ether oxygens (including phenoxy) is 1. The highest BCUT2D eigenvalue weighted by Crippen LogP contribution is 2.31. The monoisotopic (exact) mass is 431 g/mol. The summed E-state index contributed by atoms with van der Waals surface area (Å²) in [6.45, 7) is 7.01. The van der Waals surface area contributed by atoms with Crippen molar-refractivity contribution in [1.29, 1.82) is 0 Å². The van der Waals surface area contributed by atoms with Crippen LogP contribution in [-0.4, -0.2) is 40.9 Å². The highest BCUT2D eigenvalue weighted by atomic mass is 16.5. The number of carbonyl (C=O) groups is 2. The Labute approximate surface area is 188 Å². The number of hydrogen-bond donors (Lipinski definition) is 1. The minimum Gasteiger partial charge on any atom is -0.481 e. The molecule has 2 amide bonds. The molecule has 166 valence electrons. The molecule has 1 aliphatic heterocycles. The van der Waals surface area contributed by atoms with E-state index in [4.69, 9.17) is 15.5 Å². The molecule has 1 aliphatic rings. The van der Waals surface area contributed by atoms with Crippen molar-refractivity contribution in [2.45, 2.75) is 45.6 Å². The second kappa shape index (κ2) is 8.99. The van der Waals surface area contributed by atoms with Gasteiger partial charge in [-0.2, -0.15) is 0 Å². The Morgan fingerprint density at radius 1 is 1.06 bits per heavy atom. The molecule has 32 heavy (non-hydrogen) atoms. The van der Waals surface area contributed by atoms with E-state index >= 15 is 0 Å². The van der Waals surface area contributed by atoms with Crippen molar-refractivity contribution in [2.24, 2.45) is 5.73 Å². The maximum Gasteiger partial charge on any atom is 0.263 e. The number of fused-ring (bicyclic) bond motifs is 1. The first-order chi connectivity index (χ1) is 15.3. The van der Waals surface area contributed by atoms with E-state index in [9.17, 15) is 9.59 Å². The van der Waals surface area contributed by atoms with Crippen LogP contribution in [0.2, 0.25) is 0 Å². The summed E-state index contributed by atoms with van der Waals surface area (Å²) in [5.74, 6) is 0.308. The van der Waals surface area contributed by atoms with Crippen molar-refractivity contribution in [3.05, 3.63) is 70.9 Å². The predicted octanol–water partition coefficient (Wildman–Crippen LogP) is 4.12. The Morgan fingerprint density at radius 3 is 2.38 bits per heavy atom. The average molecular weight is 432 g/mol. The summed E-state index contributed by atoms with van der Waals surface area (Å²) >= 11 is 0. The summed E-state index contributed by atoms with van der Waals surface area (Å²) in [6.07, 6.45) is 0.897. The van der Waals surface area contributed by atoms with Crippen LogP contribution in [0.4, 0.5) is 0 Å². The van der Waals surface area contributed by atoms with Crippen LogP contribution in [0.1, 0.15) is 52.9 Å². The molecule has 2 N–H and O–H groups in total. The molecule has 6 heteroatoms. The quantitative estimate of drug-likeness (QED) is 0.658. The van der Waals surface area contributed by atoms with Gasteiger partial charge in [-0.05, 0) is 69.0 Å². The molecule has 1 atom stereocenters. The topological polar surface area (TPSA) is 85.5 Å². The number of para-hydroxylation sites is 1. The third kappa shape index (κ3) is 4.59. The lowest BCUT2D eigenvalue weighted by Gasteiger charge is -2.34. The second-order valence-corrected chi connectivity index (χ2v) is 8.66. The fourth-order valence-electron chi connectivity index (χ4n) is 4.53. The minimum atomic E-state index is -0.562. The van der Waals surface area contributed by atoms with Gasteiger partial charge in [-0.15, -0.1) is 0 Å². The van der Waals surface area contributed by atoms with Crippen molar-refractivity contribution in [3.8, 4) is 5.75 Å². The highest BCUT2D eigenvalue weighted by Gasteiger charge is 2.30. The first-order valence-electron chi connectivity index (χ1n) is 11.0. The van der Waals surface area contributed by atoms with Gasteiger partial charge in [-0.1, -0.05) is 24.3 Å². The second-order valence-electron chi connectivity index (χ2n) is 8.66. The smallest absolute Gasteiger partial charge is 0.263 e. The molecule has 1 aromatic heterocycles. The molecule has 2 heterocycles. The number of aromatic nitrogens is 1. The zero-order valence-electron chi connectivity index (χ0n) is 18.8. The van der Waals surface area contributed by atoms with E-state index in [1.54, 1.807) is 6.92 Å². The molecule has 0 radical (unpaired) electrons. The number of likely N-dealkylation sites (tertiary alicyclic amines) is 1. The van der Waals surface area contributed by atoms with E-state index in [1.165, 1.54) is 0 Å². The maximum absolute atomic E-state index is 13.0. The van der Waals surface area contributed by atoms with Gasteiger partial charge in [-0.3, -0.25) is 14.6 Å². The SMILES string of the molecule is Cc1cc(C)cc(OC(C)C(=O)N2CCC(c3nc4ccccc4cc3C(N)=O)CC2)c1. The van der Waals surface area contributed by atoms with Crippen molar-refractivity contribution >= 4 is 22.7 Å². The van der Waals surface area contributed by atoms with E-state index in [-0.39, 0.29) is 11.8 Å². The lowest BCUT2D eigenvalue weighted by atomic mass is 9.89. The minimum absolute atomic E-state index is 0.0239. The van der Waals surface area contributed by atoms with Gasteiger partial charge in [0.05, 0.1) is 16.8 Å². The van der Waals surface area contributed by atoms with Gasteiger partial charge < -0.3 is 15.4 Å². The number of pyridine rings is 1. The Hall–Kier alpha value is -3.41. The molecular formula is C26H29N3O3. The van der Waals surface area contributed by atoms with Crippen LogP contribution in [0.25, 0.3) is 10.9 Å². The maximum atomic E-state index is 13.0. The molecule has 1 unspecified atom stereocenters. The van der Waals surface area contributed by atoms with Crippen LogP contribution >= 0.6 is 0 Å². The summed E-state index contributed by atoms with van der Waals surface area (Å²) in [7, 11) is 0. The summed E-state index contributed by atoms with van der Waals surface area (Å²) in [5, 5.41) is 0.898. The van der Waals surface area contributed by atoms with Gasteiger partial charge in [0.25, 0.3) is 11.8 Å². The number of rotatable bonds is 5. The van der Waals surface area contributed by atoms with E-state index in [0.717, 1.165) is 40.6 Å². The largest absolute Gasteiger partial charge is 0.481 e. The van der Waals surface area contributed by atoms with Crippen LogP contribution in [0.3, 0.4) is 0 Å². The Bertz CT molecular complexity index is 1150. The summed E-state index contributed by atoms with van der Waals surface area (Å²) < 4.78 is 5.94. The van der Waals surface area contributed by atoms with Crippen molar-refractivity contribution in [2.75, 3.05) is 13.1 Å². The molecule has 1 fully saturated rings. The van der Waals surface area contributed by atoms with E-state index in [2.05, 4.69) is 6.07 Å². The number of nitrogens with two attached hydrogens (primary N) is 1. The molecule has 2 aromatic carbocycles. The Balaban J connectivity index is 1.45. The van der Waals surface area contributed by atoms with Gasteiger partial charge >= 0.3 is 0 Å². The fourth-order valence-corrected chi connectivity index (χ4v) is 4.53. The zero-order chi connectivity index (χ0) is 22.8. The van der Waals surface area contributed by atoms with E-state index in [1.807, 2.05) is 61.2 Å². The summed E-state index contributed by atoms with van der Waals surface area (Å²) in [6, 6.07) is 15.5. The number of benzene rings is 2. The Kier molecular flexibility index (Phi) is 6.12. The number of piperidine rings is 1. The zero-order valence-corrected chi connectivity index (χ0v) is 18.8. The molecular weight excluding hydrogens is 402 g/mol. The molecule has 1 saturated heterocycles. The highest BCUT2D eigenvalue weighted by molar-refractivity contribution is 5.97. The third-order valence-electron chi connectivity index (χ3n) is 6.07. The normalized spacial score (nSPS) is 15.5. The predicted molar refractivity (Wildman–Crippen MR) is 125 cm³/mol. The summed E-state index contributed by atoms with van der Waals surface area (Å²) in [4.78, 5) is 31.7. The van der Waals surface area contributed by atoms with Gasteiger partial charge in [0.1, 0.15) is 5.75 Å². The van der Waals surface area contributed by atoms with Crippen LogP contribution in [0.15, 0.2) is 48.5 Å². The molecule has 0 spiro atoms. The lowest BCUT2D eigenvalue weighted by molar-refractivity contribution is -0.139. The average Bonchev–Trinajstić information content (AvgIpc) is 2.77. The first kappa shape index (κ1) is 21.8. The Morgan fingerprint density at radius 2 is 1.72 bits per heavy atom. The molecule has 0 bridgehead atoms. The van der Waals surface area contributed by atoms with Gasteiger partial charge in [0.2, 0.25) is 0 Å². The molecule has 6 nitrogen and oxygen atoms in total. The number of nitrogens with zero attached hydrogens (tertiary/aromatic N) is 2. The van der Waals surface area contributed by atoms with Crippen LogP contribution in [0, 0.1) is 13.8 Å². The van der Waals surface area contributed by atoms with Gasteiger partial charge in [0.15, 0.2) is 6.10 Å². The van der Waals surface area contributed by atoms with Crippen LogP contribution in [-0.2, 0) is 4.79 Å². The van der Waals surface area contributed by atoms with Crippen LogP contribution < -0.4 is 10.5 Å².